The topological polar surface area (TPSA) is 75.3 Å². The number of anilines is 1. The number of hydrogen-bond donors (Lipinski definition) is 2. The van der Waals surface area contributed by atoms with Gasteiger partial charge in [-0.05, 0) is 66.8 Å². The highest BCUT2D eigenvalue weighted by molar-refractivity contribution is 7.92. The molecule has 154 valence electrons. The van der Waals surface area contributed by atoms with Gasteiger partial charge in [0.15, 0.2) is 0 Å². The maximum Gasteiger partial charge on any atom is 0.261 e. The average Bonchev–Trinajstić information content (AvgIpc) is 2.75. The van der Waals surface area contributed by atoms with Crippen molar-refractivity contribution in [1.29, 1.82) is 0 Å². The lowest BCUT2D eigenvalue weighted by atomic mass is 9.87. The van der Waals surface area contributed by atoms with Gasteiger partial charge in [-0.1, -0.05) is 36.4 Å². The smallest absolute Gasteiger partial charge is 0.261 e. The first-order valence-corrected chi connectivity index (χ1v) is 11.2. The minimum atomic E-state index is -3.97. The Kier molecular flexibility index (Phi) is 5.55. The molecule has 4 rings (SSSR count). The zero-order valence-corrected chi connectivity index (χ0v) is 17.0. The number of sulfonamides is 1. The molecule has 2 N–H and O–H groups in total. The Hall–Kier alpha value is -3.19. The highest BCUT2D eigenvalue weighted by Gasteiger charge is 2.22. The normalized spacial score (nSPS) is 15.8. The second kappa shape index (κ2) is 8.28. The van der Waals surface area contributed by atoms with Crippen LogP contribution in [0.1, 0.15) is 40.4 Å². The molecule has 0 fully saturated rings. The van der Waals surface area contributed by atoms with Crippen molar-refractivity contribution in [2.24, 2.45) is 0 Å². The van der Waals surface area contributed by atoms with Crippen LogP contribution >= 0.6 is 0 Å². The molecule has 1 aliphatic carbocycles. The zero-order valence-electron chi connectivity index (χ0n) is 16.1. The van der Waals surface area contributed by atoms with Crippen molar-refractivity contribution in [1.82, 2.24) is 5.32 Å². The molecule has 7 heteroatoms. The van der Waals surface area contributed by atoms with Crippen LogP contribution in [0.4, 0.5) is 10.1 Å². The number of halogens is 1. The average molecular weight is 424 g/mol. The molecule has 1 unspecified atom stereocenters. The van der Waals surface area contributed by atoms with Crippen LogP contribution in [0, 0.1) is 5.82 Å². The van der Waals surface area contributed by atoms with Crippen LogP contribution < -0.4 is 10.0 Å². The third-order valence-corrected chi connectivity index (χ3v) is 6.60. The van der Waals surface area contributed by atoms with Gasteiger partial charge >= 0.3 is 0 Å². The number of benzene rings is 3. The molecule has 1 atom stereocenters. The van der Waals surface area contributed by atoms with Gasteiger partial charge in [0, 0.05) is 5.56 Å². The lowest BCUT2D eigenvalue weighted by Crippen LogP contribution is -2.31. The van der Waals surface area contributed by atoms with E-state index in [0.717, 1.165) is 24.8 Å². The zero-order chi connectivity index (χ0) is 21.1. The van der Waals surface area contributed by atoms with Gasteiger partial charge in [-0.25, -0.2) is 12.8 Å². The molecule has 0 saturated carbocycles. The van der Waals surface area contributed by atoms with E-state index in [1.807, 2.05) is 18.2 Å². The number of amides is 1. The summed E-state index contributed by atoms with van der Waals surface area (Å²) in [5, 5.41) is 3.04. The Morgan fingerprint density at radius 3 is 2.40 bits per heavy atom. The number of carbonyl (C=O) groups excluding carboxylic acids is 1. The molecule has 3 aromatic rings. The van der Waals surface area contributed by atoms with Gasteiger partial charge in [0.2, 0.25) is 0 Å². The first kappa shape index (κ1) is 20.1. The van der Waals surface area contributed by atoms with E-state index >= 15 is 0 Å². The second-order valence-electron chi connectivity index (χ2n) is 7.23. The standard InChI is InChI=1S/C23H21FN2O3S/c24-20-9-3-4-10-22(20)26-30(28,29)18-14-12-17(13-15-18)23(27)25-21-11-5-7-16-6-1-2-8-19(16)21/h1-4,6,8-10,12-15,21,26H,5,7,11H2,(H,25,27). The molecule has 3 aromatic carbocycles. The maximum atomic E-state index is 13.8. The molecule has 0 saturated heterocycles. The third-order valence-electron chi connectivity index (χ3n) is 5.22. The molecule has 1 aliphatic rings. The summed E-state index contributed by atoms with van der Waals surface area (Å²) in [6, 6.07) is 19.1. The molecule has 0 heterocycles. The highest BCUT2D eigenvalue weighted by Crippen LogP contribution is 2.29. The van der Waals surface area contributed by atoms with Crippen molar-refractivity contribution in [2.45, 2.75) is 30.2 Å². The van der Waals surface area contributed by atoms with Crippen LogP contribution in [0.2, 0.25) is 0 Å². The Bertz CT molecular complexity index is 1180. The molecular formula is C23H21FN2O3S. The van der Waals surface area contributed by atoms with E-state index in [9.17, 15) is 17.6 Å². The minimum Gasteiger partial charge on any atom is -0.345 e. The Labute approximate surface area is 175 Å². The lowest BCUT2D eigenvalue weighted by molar-refractivity contribution is 0.0932. The Morgan fingerprint density at radius 2 is 1.63 bits per heavy atom. The number of hydrogen-bond acceptors (Lipinski definition) is 3. The lowest BCUT2D eigenvalue weighted by Gasteiger charge is -2.26. The first-order chi connectivity index (χ1) is 14.4. The van der Waals surface area contributed by atoms with Crippen LogP contribution in [0.25, 0.3) is 0 Å². The van der Waals surface area contributed by atoms with Crippen molar-refractivity contribution in [2.75, 3.05) is 4.72 Å². The summed E-state index contributed by atoms with van der Waals surface area (Å²) in [6.45, 7) is 0. The predicted molar refractivity (Wildman–Crippen MR) is 113 cm³/mol. The van der Waals surface area contributed by atoms with Gasteiger partial charge in [0.25, 0.3) is 15.9 Å². The summed E-state index contributed by atoms with van der Waals surface area (Å²) in [6.07, 6.45) is 2.87. The van der Waals surface area contributed by atoms with Crippen LogP contribution in [0.15, 0.2) is 77.7 Å². The van der Waals surface area contributed by atoms with Gasteiger partial charge in [-0.3, -0.25) is 9.52 Å². The largest absolute Gasteiger partial charge is 0.345 e. The molecule has 0 spiro atoms. The summed E-state index contributed by atoms with van der Waals surface area (Å²) in [5.41, 5.74) is 2.61. The third kappa shape index (κ3) is 4.21. The van der Waals surface area contributed by atoms with Gasteiger partial charge in [0.1, 0.15) is 5.82 Å². The molecule has 30 heavy (non-hydrogen) atoms. The van der Waals surface area contributed by atoms with Crippen LogP contribution in [-0.2, 0) is 16.4 Å². The van der Waals surface area contributed by atoms with Gasteiger partial charge in [0.05, 0.1) is 16.6 Å². The van der Waals surface area contributed by atoms with Crippen molar-refractivity contribution >= 4 is 21.6 Å². The van der Waals surface area contributed by atoms with Crippen LogP contribution in [-0.4, -0.2) is 14.3 Å². The maximum absolute atomic E-state index is 13.8. The van der Waals surface area contributed by atoms with E-state index in [4.69, 9.17) is 0 Å². The minimum absolute atomic E-state index is 0.0506. The number of fused-ring (bicyclic) bond motifs is 1. The molecular weight excluding hydrogens is 403 g/mol. The quantitative estimate of drug-likeness (QED) is 0.636. The van der Waals surface area contributed by atoms with E-state index in [-0.39, 0.29) is 22.5 Å². The summed E-state index contributed by atoms with van der Waals surface area (Å²) in [7, 11) is -3.97. The summed E-state index contributed by atoms with van der Waals surface area (Å²) >= 11 is 0. The molecule has 0 radical (unpaired) electrons. The fourth-order valence-corrected chi connectivity index (χ4v) is 4.75. The number of aryl methyl sites for hydroxylation is 1. The first-order valence-electron chi connectivity index (χ1n) is 9.70. The van der Waals surface area contributed by atoms with Crippen molar-refractivity contribution in [3.05, 3.63) is 95.3 Å². The number of carbonyl (C=O) groups is 1. The molecule has 0 aromatic heterocycles. The van der Waals surface area contributed by atoms with E-state index in [0.29, 0.717) is 5.56 Å². The molecule has 0 aliphatic heterocycles. The summed E-state index contributed by atoms with van der Waals surface area (Å²) in [4.78, 5) is 12.6. The van der Waals surface area contributed by atoms with E-state index < -0.39 is 15.8 Å². The van der Waals surface area contributed by atoms with E-state index in [1.165, 1.54) is 54.1 Å². The number of para-hydroxylation sites is 1. The fourth-order valence-electron chi connectivity index (χ4n) is 3.68. The van der Waals surface area contributed by atoms with Crippen LogP contribution in [0.3, 0.4) is 0 Å². The highest BCUT2D eigenvalue weighted by atomic mass is 32.2. The van der Waals surface area contributed by atoms with E-state index in [2.05, 4.69) is 16.1 Å². The van der Waals surface area contributed by atoms with Gasteiger partial charge in [-0.2, -0.15) is 0 Å². The number of rotatable bonds is 5. The summed E-state index contributed by atoms with van der Waals surface area (Å²) in [5.74, 6) is -0.924. The molecule has 5 nitrogen and oxygen atoms in total. The van der Waals surface area contributed by atoms with Gasteiger partial charge in [-0.15, -0.1) is 0 Å². The SMILES string of the molecule is O=C(NC1CCCc2ccccc21)c1ccc(S(=O)(=O)Nc2ccccc2F)cc1. The van der Waals surface area contributed by atoms with Crippen molar-refractivity contribution in [3.8, 4) is 0 Å². The molecule has 1 amide bonds. The van der Waals surface area contributed by atoms with Crippen LogP contribution in [0.5, 0.6) is 0 Å². The number of nitrogens with one attached hydrogen (secondary N) is 2. The summed E-state index contributed by atoms with van der Waals surface area (Å²) < 4.78 is 41.0. The van der Waals surface area contributed by atoms with Gasteiger partial charge < -0.3 is 5.32 Å². The Morgan fingerprint density at radius 1 is 0.933 bits per heavy atom. The molecule has 0 bridgehead atoms. The van der Waals surface area contributed by atoms with E-state index in [1.54, 1.807) is 0 Å². The second-order valence-corrected chi connectivity index (χ2v) is 8.91. The van der Waals surface area contributed by atoms with Crippen molar-refractivity contribution in [3.63, 3.8) is 0 Å². The predicted octanol–water partition coefficient (Wildman–Crippen LogP) is 4.43. The fraction of sp³-hybridized carbons (Fsp3) is 0.174. The monoisotopic (exact) mass is 424 g/mol. The van der Waals surface area contributed by atoms with Crippen molar-refractivity contribution < 1.29 is 17.6 Å². The Balaban J connectivity index is 1.48.